The topological polar surface area (TPSA) is 24.3 Å². The van der Waals surface area contributed by atoms with E-state index in [9.17, 15) is 4.39 Å². The Bertz CT molecular complexity index is 819. The summed E-state index contributed by atoms with van der Waals surface area (Å²) >= 11 is 0. The molecule has 0 unspecified atom stereocenters. The highest BCUT2D eigenvalue weighted by atomic mass is 19.1. The summed E-state index contributed by atoms with van der Waals surface area (Å²) in [6.07, 6.45) is 3.06. The maximum atomic E-state index is 13.0. The zero-order chi connectivity index (χ0) is 17.1. The first kappa shape index (κ1) is 16.1. The average Bonchev–Trinajstić information content (AvgIpc) is 3.06. The highest BCUT2D eigenvalue weighted by Gasteiger charge is 2.16. The molecule has 0 radical (unpaired) electrons. The summed E-state index contributed by atoms with van der Waals surface area (Å²) in [6, 6.07) is 15.1. The first-order valence-electron chi connectivity index (χ1n) is 8.92. The number of aryl methyl sites for hydroxylation is 1. The van der Waals surface area contributed by atoms with E-state index >= 15 is 0 Å². The van der Waals surface area contributed by atoms with Crippen LogP contribution in [-0.2, 0) is 6.54 Å². The van der Waals surface area contributed by atoms with E-state index in [1.165, 1.54) is 17.6 Å². The van der Waals surface area contributed by atoms with Gasteiger partial charge in [-0.3, -0.25) is 4.90 Å². The molecule has 2 heterocycles. The van der Waals surface area contributed by atoms with Crippen LogP contribution in [0.4, 0.5) is 10.1 Å². The number of fused-ring (bicyclic) bond motifs is 1. The van der Waals surface area contributed by atoms with E-state index in [0.717, 1.165) is 56.9 Å². The highest BCUT2D eigenvalue weighted by Crippen LogP contribution is 2.17. The quantitative estimate of drug-likeness (QED) is 0.713. The second-order valence-corrected chi connectivity index (χ2v) is 6.59. The van der Waals surface area contributed by atoms with Crippen LogP contribution < -0.4 is 4.90 Å². The van der Waals surface area contributed by atoms with Crippen molar-refractivity contribution in [2.45, 2.75) is 13.0 Å². The van der Waals surface area contributed by atoms with E-state index < -0.39 is 0 Å². The Morgan fingerprint density at radius 3 is 2.44 bits per heavy atom. The lowest BCUT2D eigenvalue weighted by atomic mass is 10.2. The van der Waals surface area contributed by atoms with Gasteiger partial charge in [-0.1, -0.05) is 12.1 Å². The van der Waals surface area contributed by atoms with Crippen LogP contribution in [-0.4, -0.2) is 47.2 Å². The summed E-state index contributed by atoms with van der Waals surface area (Å²) < 4.78 is 15.3. The predicted octanol–water partition coefficient (Wildman–Crippen LogP) is 3.39. The maximum absolute atomic E-state index is 13.0. The third-order valence-corrected chi connectivity index (χ3v) is 4.96. The number of aromatic nitrogens is 2. The Morgan fingerprint density at radius 2 is 1.64 bits per heavy atom. The number of hydrogen-bond donors (Lipinski definition) is 0. The minimum Gasteiger partial charge on any atom is -0.369 e. The van der Waals surface area contributed by atoms with E-state index in [0.29, 0.717) is 0 Å². The molecule has 25 heavy (non-hydrogen) atoms. The predicted molar refractivity (Wildman–Crippen MR) is 99.4 cm³/mol. The van der Waals surface area contributed by atoms with Crippen molar-refractivity contribution < 1.29 is 4.39 Å². The van der Waals surface area contributed by atoms with Crippen molar-refractivity contribution in [2.75, 3.05) is 37.6 Å². The van der Waals surface area contributed by atoms with E-state index in [-0.39, 0.29) is 5.82 Å². The first-order chi connectivity index (χ1) is 12.3. The SMILES string of the molecule is Fc1ccc(N2CCN(CCCn3cnc4ccccc43)CC2)cc1. The van der Waals surface area contributed by atoms with Gasteiger partial charge in [-0.05, 0) is 49.4 Å². The molecule has 3 aromatic rings. The molecule has 0 N–H and O–H groups in total. The van der Waals surface area contributed by atoms with Crippen molar-refractivity contribution in [3.63, 3.8) is 0 Å². The summed E-state index contributed by atoms with van der Waals surface area (Å²) in [7, 11) is 0. The largest absolute Gasteiger partial charge is 0.369 e. The molecular weight excluding hydrogens is 315 g/mol. The van der Waals surface area contributed by atoms with Crippen LogP contribution in [0.25, 0.3) is 11.0 Å². The molecule has 0 amide bonds. The third kappa shape index (κ3) is 3.66. The zero-order valence-electron chi connectivity index (χ0n) is 14.3. The van der Waals surface area contributed by atoms with Gasteiger partial charge >= 0.3 is 0 Å². The summed E-state index contributed by atoms with van der Waals surface area (Å²) in [5.74, 6) is -0.172. The molecule has 1 fully saturated rings. The first-order valence-corrected chi connectivity index (χ1v) is 8.92. The van der Waals surface area contributed by atoms with E-state index in [4.69, 9.17) is 0 Å². The molecule has 4 rings (SSSR count). The van der Waals surface area contributed by atoms with E-state index in [1.807, 2.05) is 24.5 Å². The second-order valence-electron chi connectivity index (χ2n) is 6.59. The van der Waals surface area contributed by atoms with Gasteiger partial charge in [0.15, 0.2) is 0 Å². The van der Waals surface area contributed by atoms with Crippen LogP contribution in [0, 0.1) is 5.82 Å². The standard InChI is InChI=1S/C20H23FN4/c21-17-6-8-18(9-7-17)24-14-12-23(13-15-24)10-3-11-25-16-22-19-4-1-2-5-20(19)25/h1-2,4-9,16H,3,10-15H2. The minimum absolute atomic E-state index is 0.172. The van der Waals surface area contributed by atoms with Crippen LogP contribution in [0.1, 0.15) is 6.42 Å². The smallest absolute Gasteiger partial charge is 0.123 e. The van der Waals surface area contributed by atoms with Crippen LogP contribution in [0.2, 0.25) is 0 Å². The normalized spacial score (nSPS) is 15.8. The minimum atomic E-state index is -0.172. The molecule has 130 valence electrons. The van der Waals surface area contributed by atoms with Crippen molar-refractivity contribution in [1.82, 2.24) is 14.5 Å². The van der Waals surface area contributed by atoms with Gasteiger partial charge in [0.2, 0.25) is 0 Å². The molecule has 0 atom stereocenters. The van der Waals surface area contributed by atoms with Gasteiger partial charge in [-0.15, -0.1) is 0 Å². The Labute approximate surface area is 147 Å². The molecule has 0 spiro atoms. The highest BCUT2D eigenvalue weighted by molar-refractivity contribution is 5.74. The van der Waals surface area contributed by atoms with Gasteiger partial charge in [0.05, 0.1) is 17.4 Å². The number of halogens is 1. The molecule has 1 saturated heterocycles. The Morgan fingerprint density at radius 1 is 0.880 bits per heavy atom. The monoisotopic (exact) mass is 338 g/mol. The molecule has 0 saturated carbocycles. The Balaban J connectivity index is 1.26. The van der Waals surface area contributed by atoms with Crippen LogP contribution in [0.15, 0.2) is 54.9 Å². The van der Waals surface area contributed by atoms with Gasteiger partial charge in [0.1, 0.15) is 5.82 Å². The Hall–Kier alpha value is -2.40. The molecule has 4 nitrogen and oxygen atoms in total. The van der Waals surface area contributed by atoms with Crippen molar-refractivity contribution >= 4 is 16.7 Å². The molecule has 1 aliphatic rings. The zero-order valence-corrected chi connectivity index (χ0v) is 14.3. The summed E-state index contributed by atoms with van der Waals surface area (Å²) in [6.45, 7) is 6.21. The van der Waals surface area contributed by atoms with Crippen molar-refractivity contribution in [2.24, 2.45) is 0 Å². The average molecular weight is 338 g/mol. The number of benzene rings is 2. The van der Waals surface area contributed by atoms with Gasteiger partial charge in [-0.25, -0.2) is 9.37 Å². The molecule has 0 bridgehead atoms. The summed E-state index contributed by atoms with van der Waals surface area (Å²) in [5, 5.41) is 0. The number of nitrogens with zero attached hydrogens (tertiary/aromatic N) is 4. The van der Waals surface area contributed by atoms with Crippen molar-refractivity contribution in [3.8, 4) is 0 Å². The number of imidazole rings is 1. The van der Waals surface area contributed by atoms with Crippen LogP contribution in [0.3, 0.4) is 0 Å². The van der Waals surface area contributed by atoms with Crippen molar-refractivity contribution in [3.05, 3.63) is 60.7 Å². The fourth-order valence-corrected chi connectivity index (χ4v) is 3.53. The van der Waals surface area contributed by atoms with Crippen LogP contribution in [0.5, 0.6) is 0 Å². The van der Waals surface area contributed by atoms with Crippen molar-refractivity contribution in [1.29, 1.82) is 0 Å². The fourth-order valence-electron chi connectivity index (χ4n) is 3.53. The number of piperazine rings is 1. The molecule has 1 aliphatic heterocycles. The third-order valence-electron chi connectivity index (χ3n) is 4.96. The number of para-hydroxylation sites is 2. The lowest BCUT2D eigenvalue weighted by molar-refractivity contribution is 0.251. The second kappa shape index (κ2) is 7.23. The van der Waals surface area contributed by atoms with Gasteiger partial charge < -0.3 is 9.47 Å². The van der Waals surface area contributed by atoms with E-state index in [2.05, 4.69) is 37.5 Å². The molecule has 2 aromatic carbocycles. The number of anilines is 1. The Kier molecular flexibility index (Phi) is 4.65. The molecular formula is C20H23FN4. The number of rotatable bonds is 5. The van der Waals surface area contributed by atoms with Crippen LogP contribution >= 0.6 is 0 Å². The lowest BCUT2D eigenvalue weighted by Crippen LogP contribution is -2.46. The summed E-state index contributed by atoms with van der Waals surface area (Å²) in [5.41, 5.74) is 3.39. The van der Waals surface area contributed by atoms with Gasteiger partial charge in [0, 0.05) is 38.4 Å². The molecule has 5 heteroatoms. The molecule has 1 aromatic heterocycles. The molecule has 0 aliphatic carbocycles. The lowest BCUT2D eigenvalue weighted by Gasteiger charge is -2.36. The summed E-state index contributed by atoms with van der Waals surface area (Å²) in [4.78, 5) is 9.30. The van der Waals surface area contributed by atoms with E-state index in [1.54, 1.807) is 0 Å². The van der Waals surface area contributed by atoms with Gasteiger partial charge in [0.25, 0.3) is 0 Å². The number of hydrogen-bond acceptors (Lipinski definition) is 3. The fraction of sp³-hybridized carbons (Fsp3) is 0.350. The van der Waals surface area contributed by atoms with Gasteiger partial charge in [-0.2, -0.15) is 0 Å². The maximum Gasteiger partial charge on any atom is 0.123 e.